The molecular formula is C16H18O. The molecule has 3 rings (SSSR count). The van der Waals surface area contributed by atoms with Crippen LogP contribution in [0.25, 0.3) is 10.8 Å². The molecule has 0 radical (unpaired) electrons. The Balaban J connectivity index is 2.13. The highest BCUT2D eigenvalue weighted by atomic mass is 16.3. The summed E-state index contributed by atoms with van der Waals surface area (Å²) in [5.41, 5.74) is 2.38. The molecule has 0 bridgehead atoms. The van der Waals surface area contributed by atoms with Gasteiger partial charge in [-0.3, -0.25) is 0 Å². The molecule has 2 aromatic rings. The summed E-state index contributed by atoms with van der Waals surface area (Å²) in [7, 11) is 0. The van der Waals surface area contributed by atoms with E-state index in [1.54, 1.807) is 0 Å². The van der Waals surface area contributed by atoms with Crippen LogP contribution in [0.3, 0.4) is 0 Å². The number of rotatable bonds is 2. The number of aliphatic hydroxyl groups is 1. The van der Waals surface area contributed by atoms with Gasteiger partial charge in [0.15, 0.2) is 0 Å². The molecule has 0 saturated heterocycles. The highest BCUT2D eigenvalue weighted by Crippen LogP contribution is 2.48. The molecule has 3 atom stereocenters. The Morgan fingerprint density at radius 2 is 1.76 bits per heavy atom. The van der Waals surface area contributed by atoms with Gasteiger partial charge in [0.05, 0.1) is 6.10 Å². The third-order valence-corrected chi connectivity index (χ3v) is 4.07. The van der Waals surface area contributed by atoms with Crippen LogP contribution < -0.4 is 0 Å². The average molecular weight is 226 g/mol. The van der Waals surface area contributed by atoms with Crippen LogP contribution in [0.4, 0.5) is 0 Å². The van der Waals surface area contributed by atoms with Crippen molar-refractivity contribution in [2.75, 3.05) is 0 Å². The zero-order chi connectivity index (χ0) is 12.0. The molecule has 88 valence electrons. The van der Waals surface area contributed by atoms with Crippen LogP contribution in [0.2, 0.25) is 0 Å². The lowest BCUT2D eigenvalue weighted by Gasteiger charge is -2.14. The van der Waals surface area contributed by atoms with E-state index in [1.807, 2.05) is 6.07 Å². The molecule has 0 aliphatic heterocycles. The van der Waals surface area contributed by atoms with Crippen LogP contribution >= 0.6 is 0 Å². The van der Waals surface area contributed by atoms with Gasteiger partial charge >= 0.3 is 0 Å². The fourth-order valence-electron chi connectivity index (χ4n) is 2.75. The summed E-state index contributed by atoms with van der Waals surface area (Å²) in [6.07, 6.45) is 0.860. The molecule has 1 heteroatoms. The first-order chi connectivity index (χ1) is 8.18. The number of hydrogen-bond acceptors (Lipinski definition) is 1. The van der Waals surface area contributed by atoms with E-state index < -0.39 is 0 Å². The van der Waals surface area contributed by atoms with Gasteiger partial charge in [-0.25, -0.2) is 0 Å². The molecule has 1 fully saturated rings. The van der Waals surface area contributed by atoms with E-state index >= 15 is 0 Å². The Labute approximate surface area is 102 Å². The largest absolute Gasteiger partial charge is 0.388 e. The third-order valence-electron chi connectivity index (χ3n) is 4.07. The zero-order valence-electron chi connectivity index (χ0n) is 10.4. The lowest BCUT2D eigenvalue weighted by Crippen LogP contribution is -2.02. The van der Waals surface area contributed by atoms with E-state index in [4.69, 9.17) is 0 Å². The highest BCUT2D eigenvalue weighted by molar-refractivity contribution is 5.88. The van der Waals surface area contributed by atoms with Gasteiger partial charge in [-0.2, -0.15) is 0 Å². The lowest BCUT2D eigenvalue weighted by molar-refractivity contribution is 0.149. The van der Waals surface area contributed by atoms with Crippen molar-refractivity contribution in [1.29, 1.82) is 0 Å². The first-order valence-corrected chi connectivity index (χ1v) is 6.35. The van der Waals surface area contributed by atoms with Crippen LogP contribution in [0.1, 0.15) is 30.6 Å². The average Bonchev–Trinajstić information content (AvgIpc) is 3.07. The minimum Gasteiger partial charge on any atom is -0.388 e. The molecule has 1 N–H and O–H groups in total. The van der Waals surface area contributed by atoms with Crippen LogP contribution in [-0.4, -0.2) is 5.11 Å². The van der Waals surface area contributed by atoms with Crippen LogP contribution in [0.15, 0.2) is 36.4 Å². The van der Waals surface area contributed by atoms with E-state index in [2.05, 4.69) is 44.2 Å². The summed E-state index contributed by atoms with van der Waals surface area (Å²) in [6, 6.07) is 12.6. The van der Waals surface area contributed by atoms with E-state index in [-0.39, 0.29) is 6.10 Å². The maximum Gasteiger partial charge on any atom is 0.0826 e. The summed E-state index contributed by atoms with van der Waals surface area (Å²) in [6.45, 7) is 4.34. The number of benzene rings is 2. The Morgan fingerprint density at radius 3 is 2.41 bits per heavy atom. The van der Waals surface area contributed by atoms with Gasteiger partial charge in [0.25, 0.3) is 0 Å². The summed E-state index contributed by atoms with van der Waals surface area (Å²) in [4.78, 5) is 0. The maximum absolute atomic E-state index is 10.4. The van der Waals surface area contributed by atoms with Crippen molar-refractivity contribution in [3.05, 3.63) is 47.5 Å². The summed E-state index contributed by atoms with van der Waals surface area (Å²) in [5.74, 6) is 1.13. The van der Waals surface area contributed by atoms with Crippen molar-refractivity contribution >= 4 is 10.8 Å². The van der Waals surface area contributed by atoms with E-state index in [0.29, 0.717) is 11.8 Å². The minimum absolute atomic E-state index is 0.296. The number of aliphatic hydroxyl groups excluding tert-OH is 1. The van der Waals surface area contributed by atoms with Gasteiger partial charge in [-0.15, -0.1) is 0 Å². The van der Waals surface area contributed by atoms with Gasteiger partial charge in [-0.1, -0.05) is 43.3 Å². The smallest absolute Gasteiger partial charge is 0.0826 e. The molecule has 0 spiro atoms. The van der Waals surface area contributed by atoms with Gasteiger partial charge in [0, 0.05) is 0 Å². The molecule has 1 aliphatic rings. The number of aryl methyl sites for hydroxylation is 1. The van der Waals surface area contributed by atoms with Crippen molar-refractivity contribution in [3.63, 3.8) is 0 Å². The topological polar surface area (TPSA) is 20.2 Å². The van der Waals surface area contributed by atoms with Crippen LogP contribution in [0, 0.1) is 18.8 Å². The molecule has 17 heavy (non-hydrogen) atoms. The molecule has 3 unspecified atom stereocenters. The molecule has 1 aliphatic carbocycles. The lowest BCUT2D eigenvalue weighted by atomic mass is 9.95. The first-order valence-electron chi connectivity index (χ1n) is 6.35. The molecule has 1 nitrogen and oxygen atoms in total. The standard InChI is InChI=1S/C16H18O/c1-10-7-8-14(16(17)15-9-11(15)2)13-6-4-3-5-12(10)13/h3-8,11,15-17H,9H2,1-2H3. The van der Waals surface area contributed by atoms with Crippen molar-refractivity contribution in [2.24, 2.45) is 11.8 Å². The van der Waals surface area contributed by atoms with E-state index in [0.717, 1.165) is 12.0 Å². The van der Waals surface area contributed by atoms with Crippen molar-refractivity contribution < 1.29 is 5.11 Å². The summed E-state index contributed by atoms with van der Waals surface area (Å²) >= 11 is 0. The summed E-state index contributed by atoms with van der Waals surface area (Å²) in [5, 5.41) is 12.9. The van der Waals surface area contributed by atoms with Crippen molar-refractivity contribution in [2.45, 2.75) is 26.4 Å². The second-order valence-electron chi connectivity index (χ2n) is 5.34. The minimum atomic E-state index is -0.296. The SMILES string of the molecule is Cc1ccc(C(O)C2CC2C)c2ccccc12. The summed E-state index contributed by atoms with van der Waals surface area (Å²) < 4.78 is 0. The van der Waals surface area contributed by atoms with Crippen LogP contribution in [-0.2, 0) is 0 Å². The molecule has 0 aromatic heterocycles. The first kappa shape index (κ1) is 10.8. The Kier molecular flexibility index (Phi) is 2.44. The van der Waals surface area contributed by atoms with Gasteiger partial charge in [-0.05, 0) is 47.1 Å². The monoisotopic (exact) mass is 226 g/mol. The Morgan fingerprint density at radius 1 is 1.12 bits per heavy atom. The van der Waals surface area contributed by atoms with Gasteiger partial charge < -0.3 is 5.11 Å². The van der Waals surface area contributed by atoms with Gasteiger partial charge in [0.1, 0.15) is 0 Å². The molecule has 2 aromatic carbocycles. The number of fused-ring (bicyclic) bond motifs is 1. The van der Waals surface area contributed by atoms with Crippen molar-refractivity contribution in [3.8, 4) is 0 Å². The fraction of sp³-hybridized carbons (Fsp3) is 0.375. The van der Waals surface area contributed by atoms with Crippen molar-refractivity contribution in [1.82, 2.24) is 0 Å². The normalized spacial score (nSPS) is 24.9. The highest BCUT2D eigenvalue weighted by Gasteiger charge is 2.39. The van der Waals surface area contributed by atoms with Gasteiger partial charge in [0.2, 0.25) is 0 Å². The second-order valence-corrected chi connectivity index (χ2v) is 5.34. The molecule has 0 amide bonds. The maximum atomic E-state index is 10.4. The Bertz CT molecular complexity index is 558. The number of hydrogen-bond donors (Lipinski definition) is 1. The molecule has 1 saturated carbocycles. The van der Waals surface area contributed by atoms with E-state index in [9.17, 15) is 5.11 Å². The Hall–Kier alpha value is -1.34. The predicted molar refractivity (Wildman–Crippen MR) is 70.9 cm³/mol. The van der Waals surface area contributed by atoms with Crippen LogP contribution in [0.5, 0.6) is 0 Å². The molecule has 0 heterocycles. The quantitative estimate of drug-likeness (QED) is 0.825. The zero-order valence-corrected chi connectivity index (χ0v) is 10.4. The second kappa shape index (κ2) is 3.85. The third kappa shape index (κ3) is 1.75. The predicted octanol–water partition coefficient (Wildman–Crippen LogP) is 3.84. The fourth-order valence-corrected chi connectivity index (χ4v) is 2.75. The van der Waals surface area contributed by atoms with E-state index in [1.165, 1.54) is 16.3 Å². The molecular weight excluding hydrogens is 208 g/mol.